The van der Waals surface area contributed by atoms with Crippen LogP contribution < -0.4 is 15.0 Å². The highest BCUT2D eigenvalue weighted by molar-refractivity contribution is 5.81. The summed E-state index contributed by atoms with van der Waals surface area (Å²) >= 11 is 0. The molecule has 1 aliphatic heterocycles. The third-order valence-electron chi connectivity index (χ3n) is 5.57. The van der Waals surface area contributed by atoms with Crippen LogP contribution in [0.25, 0.3) is 0 Å². The summed E-state index contributed by atoms with van der Waals surface area (Å²) in [6.07, 6.45) is 0. The first-order chi connectivity index (χ1) is 13.5. The number of ether oxygens (including phenoxy) is 1. The van der Waals surface area contributed by atoms with Gasteiger partial charge in [-0.1, -0.05) is 30.3 Å². The topological polar surface area (TPSA) is 44.8 Å². The van der Waals surface area contributed by atoms with E-state index in [2.05, 4.69) is 46.3 Å². The van der Waals surface area contributed by atoms with Crippen LogP contribution in [0.2, 0.25) is 0 Å². The molecule has 5 heteroatoms. The van der Waals surface area contributed by atoms with Crippen molar-refractivity contribution in [3.63, 3.8) is 0 Å². The first-order valence-corrected chi connectivity index (χ1v) is 9.98. The number of nitrogens with one attached hydrogen (secondary N) is 1. The second kappa shape index (κ2) is 9.11. The minimum atomic E-state index is -0.156. The van der Waals surface area contributed by atoms with Crippen LogP contribution in [0.3, 0.4) is 0 Å². The lowest BCUT2D eigenvalue weighted by Crippen LogP contribution is -2.54. The molecular formula is C23H31N3O2. The molecular weight excluding hydrogens is 350 g/mol. The Hall–Kier alpha value is -2.53. The van der Waals surface area contributed by atoms with Gasteiger partial charge in [-0.05, 0) is 44.5 Å². The van der Waals surface area contributed by atoms with Gasteiger partial charge in [0.25, 0.3) is 0 Å². The number of para-hydroxylation sites is 1. The van der Waals surface area contributed by atoms with Gasteiger partial charge >= 0.3 is 0 Å². The van der Waals surface area contributed by atoms with Crippen molar-refractivity contribution in [1.82, 2.24) is 10.2 Å². The van der Waals surface area contributed by atoms with Crippen molar-refractivity contribution >= 4 is 11.6 Å². The Kier molecular flexibility index (Phi) is 6.57. The molecule has 0 aromatic heterocycles. The lowest BCUT2D eigenvalue weighted by Gasteiger charge is -2.39. The number of rotatable bonds is 6. The molecule has 1 amide bonds. The van der Waals surface area contributed by atoms with E-state index in [1.807, 2.05) is 38.1 Å². The van der Waals surface area contributed by atoms with Gasteiger partial charge < -0.3 is 15.0 Å². The molecule has 2 aromatic rings. The van der Waals surface area contributed by atoms with Gasteiger partial charge in [0, 0.05) is 37.4 Å². The Balaban J connectivity index is 1.56. The van der Waals surface area contributed by atoms with Crippen LogP contribution in [0.5, 0.6) is 5.75 Å². The van der Waals surface area contributed by atoms with Gasteiger partial charge in [-0.15, -0.1) is 0 Å². The van der Waals surface area contributed by atoms with E-state index in [-0.39, 0.29) is 18.0 Å². The fourth-order valence-corrected chi connectivity index (χ4v) is 3.79. The van der Waals surface area contributed by atoms with Crippen molar-refractivity contribution in [2.24, 2.45) is 0 Å². The monoisotopic (exact) mass is 381 g/mol. The Morgan fingerprint density at radius 2 is 1.75 bits per heavy atom. The van der Waals surface area contributed by atoms with E-state index in [0.717, 1.165) is 37.5 Å². The molecule has 2 aromatic carbocycles. The maximum atomic E-state index is 12.8. The van der Waals surface area contributed by atoms with E-state index in [9.17, 15) is 4.79 Å². The quantitative estimate of drug-likeness (QED) is 0.833. The average molecular weight is 382 g/mol. The molecule has 0 aliphatic carbocycles. The van der Waals surface area contributed by atoms with Gasteiger partial charge in [-0.2, -0.15) is 0 Å². The van der Waals surface area contributed by atoms with Crippen LogP contribution in [0, 0.1) is 6.92 Å². The smallest absolute Gasteiger partial charge is 0.237 e. The molecule has 150 valence electrons. The van der Waals surface area contributed by atoms with Crippen molar-refractivity contribution in [3.05, 3.63) is 59.7 Å². The summed E-state index contributed by atoms with van der Waals surface area (Å²) in [5.74, 6) is 0.858. The Bertz CT molecular complexity index is 800. The zero-order valence-corrected chi connectivity index (χ0v) is 17.3. The summed E-state index contributed by atoms with van der Waals surface area (Å²) in [4.78, 5) is 17.5. The van der Waals surface area contributed by atoms with Crippen LogP contribution in [0.4, 0.5) is 5.69 Å². The third kappa shape index (κ3) is 4.65. The number of methoxy groups -OCH3 is 1. The Morgan fingerprint density at radius 3 is 2.43 bits per heavy atom. The minimum Gasteiger partial charge on any atom is -0.496 e. The molecule has 1 heterocycles. The maximum absolute atomic E-state index is 12.8. The van der Waals surface area contributed by atoms with E-state index in [4.69, 9.17) is 4.74 Å². The molecule has 28 heavy (non-hydrogen) atoms. The molecule has 1 fully saturated rings. The van der Waals surface area contributed by atoms with Crippen molar-refractivity contribution < 1.29 is 9.53 Å². The predicted molar refractivity (Wildman–Crippen MR) is 114 cm³/mol. The van der Waals surface area contributed by atoms with Crippen molar-refractivity contribution in [1.29, 1.82) is 0 Å². The second-order valence-corrected chi connectivity index (χ2v) is 7.51. The van der Waals surface area contributed by atoms with Gasteiger partial charge in [0.2, 0.25) is 5.91 Å². The van der Waals surface area contributed by atoms with E-state index < -0.39 is 0 Å². The van der Waals surface area contributed by atoms with Crippen LogP contribution >= 0.6 is 0 Å². The highest BCUT2D eigenvalue weighted by Crippen LogP contribution is 2.24. The van der Waals surface area contributed by atoms with Crippen LogP contribution in [-0.2, 0) is 4.79 Å². The summed E-state index contributed by atoms with van der Waals surface area (Å²) < 4.78 is 5.42. The zero-order chi connectivity index (χ0) is 20.1. The van der Waals surface area contributed by atoms with Crippen molar-refractivity contribution in [3.8, 4) is 5.75 Å². The van der Waals surface area contributed by atoms with E-state index in [0.29, 0.717) is 0 Å². The zero-order valence-electron chi connectivity index (χ0n) is 17.3. The van der Waals surface area contributed by atoms with Crippen LogP contribution in [0.1, 0.15) is 31.0 Å². The molecule has 1 saturated heterocycles. The van der Waals surface area contributed by atoms with Gasteiger partial charge in [0.15, 0.2) is 0 Å². The van der Waals surface area contributed by atoms with E-state index >= 15 is 0 Å². The molecule has 0 bridgehead atoms. The van der Waals surface area contributed by atoms with Gasteiger partial charge in [0.05, 0.1) is 19.2 Å². The SMILES string of the molecule is COc1ccccc1C(C)NC(=O)C(C)N1CCN(c2cccc(C)c2)CC1. The number of nitrogens with zero attached hydrogens (tertiary/aromatic N) is 2. The predicted octanol–water partition coefficient (Wildman–Crippen LogP) is 3.39. The molecule has 1 aliphatic rings. The number of benzene rings is 2. The fraction of sp³-hybridized carbons (Fsp3) is 0.435. The fourth-order valence-electron chi connectivity index (χ4n) is 3.79. The average Bonchev–Trinajstić information content (AvgIpc) is 2.73. The lowest BCUT2D eigenvalue weighted by atomic mass is 10.1. The largest absolute Gasteiger partial charge is 0.496 e. The summed E-state index contributed by atoms with van der Waals surface area (Å²) in [5, 5.41) is 3.14. The standard InChI is InChI=1S/C23H31N3O2/c1-17-8-7-9-20(16-17)26-14-12-25(13-15-26)19(3)23(27)24-18(2)21-10-5-6-11-22(21)28-4/h5-11,16,18-19H,12-15H2,1-4H3,(H,24,27). The maximum Gasteiger partial charge on any atom is 0.237 e. The molecule has 0 radical (unpaired) electrons. The molecule has 5 nitrogen and oxygen atoms in total. The Labute approximate surface area is 168 Å². The number of piperazine rings is 1. The number of amides is 1. The van der Waals surface area contributed by atoms with E-state index in [1.165, 1.54) is 11.3 Å². The molecule has 2 atom stereocenters. The minimum absolute atomic E-state index is 0.0578. The van der Waals surface area contributed by atoms with Gasteiger partial charge in [-0.25, -0.2) is 0 Å². The number of hydrogen-bond acceptors (Lipinski definition) is 4. The highest BCUT2D eigenvalue weighted by atomic mass is 16.5. The van der Waals surface area contributed by atoms with Gasteiger partial charge in [-0.3, -0.25) is 9.69 Å². The number of anilines is 1. The third-order valence-corrected chi connectivity index (χ3v) is 5.57. The molecule has 1 N–H and O–H groups in total. The summed E-state index contributed by atoms with van der Waals surface area (Å²) in [5.41, 5.74) is 3.54. The first kappa shape index (κ1) is 20.2. The summed E-state index contributed by atoms with van der Waals surface area (Å²) in [6, 6.07) is 16.2. The van der Waals surface area contributed by atoms with Crippen LogP contribution in [-0.4, -0.2) is 50.1 Å². The second-order valence-electron chi connectivity index (χ2n) is 7.51. The highest BCUT2D eigenvalue weighted by Gasteiger charge is 2.27. The number of carbonyl (C=O) groups excluding carboxylic acids is 1. The number of hydrogen-bond donors (Lipinski definition) is 1. The molecule has 3 rings (SSSR count). The molecule has 0 spiro atoms. The molecule has 0 saturated carbocycles. The summed E-state index contributed by atoms with van der Waals surface area (Å²) in [6.45, 7) is 9.74. The number of carbonyl (C=O) groups is 1. The number of aryl methyl sites for hydroxylation is 1. The van der Waals surface area contributed by atoms with Crippen molar-refractivity contribution in [2.75, 3.05) is 38.2 Å². The van der Waals surface area contributed by atoms with Crippen LogP contribution in [0.15, 0.2) is 48.5 Å². The normalized spacial score (nSPS) is 17.1. The Morgan fingerprint density at radius 1 is 1.04 bits per heavy atom. The van der Waals surface area contributed by atoms with Crippen molar-refractivity contribution in [2.45, 2.75) is 32.9 Å². The lowest BCUT2D eigenvalue weighted by molar-refractivity contribution is -0.126. The summed E-state index contributed by atoms with van der Waals surface area (Å²) in [7, 11) is 1.66. The van der Waals surface area contributed by atoms with E-state index in [1.54, 1.807) is 7.11 Å². The first-order valence-electron chi connectivity index (χ1n) is 9.98. The molecule has 2 unspecified atom stereocenters. The van der Waals surface area contributed by atoms with Gasteiger partial charge in [0.1, 0.15) is 5.75 Å².